The van der Waals surface area contributed by atoms with Gasteiger partial charge in [0.25, 0.3) is 11.8 Å². The molecule has 0 aromatic heterocycles. The minimum Gasteiger partial charge on any atom is -0.336 e. The van der Waals surface area contributed by atoms with Crippen LogP contribution in [-0.2, 0) is 23.5 Å². The molecule has 0 unspecified atom stereocenters. The molecular formula is C17H25N4O9P. The van der Waals surface area contributed by atoms with Crippen LogP contribution < -0.4 is 16.0 Å². The van der Waals surface area contributed by atoms with Crippen molar-refractivity contribution in [2.45, 2.75) is 19.8 Å². The molecule has 0 radical (unpaired) electrons. The Hall–Kier alpha value is -2.99. The number of rotatable bonds is 11. The van der Waals surface area contributed by atoms with Gasteiger partial charge in [-0.05, 0) is 18.1 Å². The number of hydrogen-bond donors (Lipinski definition) is 5. The third kappa shape index (κ3) is 11.1. The van der Waals surface area contributed by atoms with E-state index in [4.69, 9.17) is 9.79 Å². The molecule has 0 atom stereocenters. The van der Waals surface area contributed by atoms with Crippen LogP contribution in [0.1, 0.15) is 19.8 Å². The van der Waals surface area contributed by atoms with Crippen molar-refractivity contribution in [1.29, 1.82) is 0 Å². The smallest absolute Gasteiger partial charge is 0.336 e. The Kier molecular flexibility index (Phi) is 10.6. The first-order valence-corrected chi connectivity index (χ1v) is 10.6. The van der Waals surface area contributed by atoms with Crippen molar-refractivity contribution in [2.75, 3.05) is 26.2 Å². The van der Waals surface area contributed by atoms with Crippen LogP contribution in [0, 0.1) is 0 Å². The van der Waals surface area contributed by atoms with Crippen molar-refractivity contribution in [3.63, 3.8) is 0 Å². The fraction of sp³-hybridized carbons (Fsp3) is 0.412. The summed E-state index contributed by atoms with van der Waals surface area (Å²) >= 11 is 0. The molecule has 0 bridgehead atoms. The van der Waals surface area contributed by atoms with Gasteiger partial charge in [-0.25, -0.2) is 14.2 Å². The number of carbonyl (C=O) groups is 4. The molecule has 172 valence electrons. The predicted molar refractivity (Wildman–Crippen MR) is 107 cm³/mol. The molecule has 1 aliphatic rings. The van der Waals surface area contributed by atoms with Gasteiger partial charge < -0.3 is 30.6 Å². The zero-order chi connectivity index (χ0) is 23.4. The van der Waals surface area contributed by atoms with Gasteiger partial charge in [-0.15, -0.1) is 5.06 Å². The number of hydrogen-bond acceptors (Lipinski definition) is 7. The van der Waals surface area contributed by atoms with Crippen LogP contribution in [0.25, 0.3) is 0 Å². The Morgan fingerprint density at radius 2 is 1.81 bits per heavy atom. The predicted octanol–water partition coefficient (Wildman–Crippen LogP) is 0.244. The SMILES string of the molecule is C=C(/C=C(\C=C/C)CNC(=O)NCCOP(=O)(O)O)CNC(=O)ON1C(=O)CCC1=O. The minimum atomic E-state index is -4.58. The molecule has 0 aliphatic carbocycles. The molecule has 1 heterocycles. The highest BCUT2D eigenvalue weighted by Gasteiger charge is 2.32. The molecule has 0 aromatic rings. The average Bonchev–Trinajstić information content (AvgIpc) is 2.99. The molecule has 31 heavy (non-hydrogen) atoms. The fourth-order valence-electron chi connectivity index (χ4n) is 2.22. The van der Waals surface area contributed by atoms with Crippen molar-refractivity contribution < 1.29 is 42.9 Å². The first-order chi connectivity index (χ1) is 14.5. The Bertz CT molecular complexity index is 802. The van der Waals surface area contributed by atoms with Crippen LogP contribution in [0.5, 0.6) is 0 Å². The lowest BCUT2D eigenvalue weighted by atomic mass is 10.1. The van der Waals surface area contributed by atoms with Crippen molar-refractivity contribution in [1.82, 2.24) is 21.0 Å². The van der Waals surface area contributed by atoms with Crippen molar-refractivity contribution in [3.05, 3.63) is 36.0 Å². The van der Waals surface area contributed by atoms with Gasteiger partial charge in [-0.3, -0.25) is 14.1 Å². The number of phosphoric acid groups is 1. The monoisotopic (exact) mass is 460 g/mol. The quantitative estimate of drug-likeness (QED) is 0.125. The van der Waals surface area contributed by atoms with E-state index < -0.39 is 31.8 Å². The molecular weight excluding hydrogens is 435 g/mol. The number of urea groups is 1. The number of nitrogens with one attached hydrogen (secondary N) is 3. The Balaban J connectivity index is 2.42. The summed E-state index contributed by atoms with van der Waals surface area (Å²) in [6.45, 7) is 5.12. The number of allylic oxidation sites excluding steroid dienone is 1. The van der Waals surface area contributed by atoms with Gasteiger partial charge in [-0.2, -0.15) is 0 Å². The number of carbonyl (C=O) groups excluding carboxylic acids is 4. The van der Waals surface area contributed by atoms with E-state index in [2.05, 4.69) is 31.9 Å². The van der Waals surface area contributed by atoms with Gasteiger partial charge in [-0.1, -0.05) is 24.8 Å². The minimum absolute atomic E-state index is 0.00839. The Morgan fingerprint density at radius 3 is 2.39 bits per heavy atom. The van der Waals surface area contributed by atoms with Crippen LogP contribution >= 0.6 is 7.82 Å². The standard InChI is InChI=1S/C17H25N4O9P/c1-3-4-13(11-19-16(24)18-7-8-29-31(26,27)28)9-12(2)10-20-17(25)30-21-14(22)5-6-15(21)23/h3-4,9H,2,5-8,10-11H2,1H3,(H,20,25)(H2,18,19,24)(H2,26,27,28)/b4-3-,13-9+. The normalized spacial score (nSPS) is 14.7. The van der Waals surface area contributed by atoms with E-state index in [0.717, 1.165) is 0 Å². The lowest BCUT2D eigenvalue weighted by molar-refractivity contribution is -0.171. The molecule has 1 aliphatic heterocycles. The highest BCUT2D eigenvalue weighted by molar-refractivity contribution is 7.46. The van der Waals surface area contributed by atoms with E-state index in [1.165, 1.54) is 0 Å². The molecule has 14 heteroatoms. The summed E-state index contributed by atoms with van der Waals surface area (Å²) in [5.74, 6) is -1.18. The first-order valence-electron chi connectivity index (χ1n) is 9.06. The summed E-state index contributed by atoms with van der Waals surface area (Å²) in [5, 5.41) is 7.68. The van der Waals surface area contributed by atoms with Gasteiger partial charge >= 0.3 is 19.9 Å². The van der Waals surface area contributed by atoms with Crippen LogP contribution in [0.4, 0.5) is 9.59 Å². The topological polar surface area (TPSA) is 184 Å². The van der Waals surface area contributed by atoms with Crippen molar-refractivity contribution in [2.24, 2.45) is 0 Å². The summed E-state index contributed by atoms with van der Waals surface area (Å²) in [5.41, 5.74) is 1.08. The highest BCUT2D eigenvalue weighted by Crippen LogP contribution is 2.35. The largest absolute Gasteiger partial charge is 0.469 e. The number of amides is 5. The van der Waals surface area contributed by atoms with E-state index in [0.29, 0.717) is 16.2 Å². The van der Waals surface area contributed by atoms with Gasteiger partial charge in [0.1, 0.15) is 0 Å². The zero-order valence-electron chi connectivity index (χ0n) is 16.8. The second-order valence-corrected chi connectivity index (χ2v) is 7.36. The van der Waals surface area contributed by atoms with Crippen molar-refractivity contribution >= 4 is 31.8 Å². The van der Waals surface area contributed by atoms with E-state index >= 15 is 0 Å². The molecule has 5 N–H and O–H groups in total. The molecule has 1 rings (SSSR count). The second-order valence-electron chi connectivity index (χ2n) is 6.12. The molecule has 1 saturated heterocycles. The van der Waals surface area contributed by atoms with Crippen LogP contribution in [0.15, 0.2) is 36.0 Å². The van der Waals surface area contributed by atoms with Crippen LogP contribution in [0.3, 0.4) is 0 Å². The summed E-state index contributed by atoms with van der Waals surface area (Å²) in [4.78, 5) is 68.0. The highest BCUT2D eigenvalue weighted by atomic mass is 31.2. The molecule has 0 spiro atoms. The maximum atomic E-state index is 11.7. The average molecular weight is 460 g/mol. The molecule has 0 aromatic carbocycles. The lowest BCUT2D eigenvalue weighted by Gasteiger charge is -2.13. The van der Waals surface area contributed by atoms with Gasteiger partial charge in [0, 0.05) is 32.5 Å². The van der Waals surface area contributed by atoms with E-state index in [-0.39, 0.29) is 39.1 Å². The maximum Gasteiger partial charge on any atom is 0.469 e. The zero-order valence-corrected chi connectivity index (χ0v) is 17.7. The number of nitrogens with zero attached hydrogens (tertiary/aromatic N) is 1. The van der Waals surface area contributed by atoms with Gasteiger partial charge in [0.15, 0.2) is 0 Å². The summed E-state index contributed by atoms with van der Waals surface area (Å²) in [7, 11) is -4.58. The summed E-state index contributed by atoms with van der Waals surface area (Å²) in [6, 6.07) is -0.586. The Labute approximate surface area is 178 Å². The second kappa shape index (κ2) is 12.6. The van der Waals surface area contributed by atoms with E-state index in [9.17, 15) is 23.7 Å². The maximum absolute atomic E-state index is 11.7. The van der Waals surface area contributed by atoms with Gasteiger partial charge in [0.2, 0.25) is 0 Å². The molecule has 1 fully saturated rings. The molecule has 13 nitrogen and oxygen atoms in total. The number of imide groups is 1. The fourth-order valence-corrected chi connectivity index (χ4v) is 2.55. The first kappa shape index (κ1) is 26.0. The van der Waals surface area contributed by atoms with Crippen LogP contribution in [0.2, 0.25) is 0 Å². The van der Waals surface area contributed by atoms with E-state index in [1.54, 1.807) is 25.2 Å². The number of phosphoric ester groups is 1. The van der Waals surface area contributed by atoms with Crippen molar-refractivity contribution in [3.8, 4) is 0 Å². The third-order valence-corrected chi connectivity index (χ3v) is 4.03. The number of hydroxylamine groups is 2. The third-order valence-electron chi connectivity index (χ3n) is 3.51. The molecule has 0 saturated carbocycles. The lowest BCUT2D eigenvalue weighted by Crippen LogP contribution is -2.38. The Morgan fingerprint density at radius 1 is 1.16 bits per heavy atom. The van der Waals surface area contributed by atoms with E-state index in [1.807, 2.05) is 0 Å². The molecule has 5 amide bonds. The summed E-state index contributed by atoms with van der Waals surface area (Å²) < 4.78 is 14.7. The summed E-state index contributed by atoms with van der Waals surface area (Å²) in [6.07, 6.45) is 4.02. The van der Waals surface area contributed by atoms with Gasteiger partial charge in [0.05, 0.1) is 6.61 Å². The van der Waals surface area contributed by atoms with Crippen LogP contribution in [-0.4, -0.2) is 65.0 Å².